The van der Waals surface area contributed by atoms with Gasteiger partial charge in [0.1, 0.15) is 5.92 Å². The number of benzene rings is 2. The second kappa shape index (κ2) is 7.96. The normalized spacial score (nSPS) is 20.6. The number of hydrazone groups is 1. The summed E-state index contributed by atoms with van der Waals surface area (Å²) in [5.74, 6) is -0.271. The summed E-state index contributed by atoms with van der Waals surface area (Å²) in [6.07, 6.45) is 4.99. The zero-order valence-corrected chi connectivity index (χ0v) is 15.0. The van der Waals surface area contributed by atoms with Gasteiger partial charge in [-0.15, -0.1) is 0 Å². The van der Waals surface area contributed by atoms with Crippen LogP contribution in [0.25, 0.3) is 6.08 Å². The van der Waals surface area contributed by atoms with Gasteiger partial charge in [0.25, 0.3) is 5.91 Å². The van der Waals surface area contributed by atoms with Crippen LogP contribution in [0.1, 0.15) is 17.0 Å². The van der Waals surface area contributed by atoms with Crippen molar-refractivity contribution in [3.63, 3.8) is 0 Å². The van der Waals surface area contributed by atoms with Crippen molar-refractivity contribution in [3.05, 3.63) is 65.7 Å². The monoisotopic (exact) mass is 377 g/mol. The molecule has 7 nitrogen and oxygen atoms in total. The molecule has 1 fully saturated rings. The van der Waals surface area contributed by atoms with Crippen LogP contribution >= 0.6 is 0 Å². The first-order valence-electron chi connectivity index (χ1n) is 8.94. The first-order valence-corrected chi connectivity index (χ1v) is 8.94. The summed E-state index contributed by atoms with van der Waals surface area (Å²) in [5.41, 5.74) is 4.33. The number of ether oxygens (including phenoxy) is 2. The molecule has 2 aromatic carbocycles. The standard InChI is InChI=1S/C21H19N3O4/c25-20-19(16(12-22-20)15-6-2-1-3-7-15)21(26)24-23-10-4-5-14-8-9-17-18(11-14)28-13-27-17/h1-11,16,19H,12-13H2,(H,22,25)(H,24,26)/b5-4+,23-10+/t16-,19-/m1/s1. The highest BCUT2D eigenvalue weighted by atomic mass is 16.7. The summed E-state index contributed by atoms with van der Waals surface area (Å²) < 4.78 is 10.6. The molecule has 0 unspecified atom stereocenters. The Morgan fingerprint density at radius 2 is 1.96 bits per heavy atom. The van der Waals surface area contributed by atoms with Gasteiger partial charge in [0, 0.05) is 18.7 Å². The molecule has 1 saturated heterocycles. The highest BCUT2D eigenvalue weighted by Gasteiger charge is 2.40. The number of hydrogen-bond acceptors (Lipinski definition) is 5. The number of nitrogens with one attached hydrogen (secondary N) is 2. The summed E-state index contributed by atoms with van der Waals surface area (Å²) >= 11 is 0. The molecule has 28 heavy (non-hydrogen) atoms. The number of fused-ring (bicyclic) bond motifs is 1. The van der Waals surface area contributed by atoms with E-state index >= 15 is 0 Å². The van der Waals surface area contributed by atoms with E-state index in [0.29, 0.717) is 12.3 Å². The molecule has 2 heterocycles. The van der Waals surface area contributed by atoms with Crippen molar-refractivity contribution in [1.82, 2.24) is 10.7 Å². The Hall–Kier alpha value is -3.61. The molecule has 0 aromatic heterocycles. The topological polar surface area (TPSA) is 89.0 Å². The SMILES string of the molecule is O=C1NC[C@H](c2ccccc2)[C@H]1C(=O)N/N=C/C=C/c1ccc2c(c1)OCO2. The molecule has 2 aromatic rings. The van der Waals surface area contributed by atoms with Crippen molar-refractivity contribution >= 4 is 24.1 Å². The molecule has 0 radical (unpaired) electrons. The Balaban J connectivity index is 1.36. The summed E-state index contributed by atoms with van der Waals surface area (Å²) in [6.45, 7) is 0.670. The summed E-state index contributed by atoms with van der Waals surface area (Å²) in [5, 5.41) is 6.67. The molecular formula is C21H19N3O4. The van der Waals surface area contributed by atoms with Gasteiger partial charge in [-0.25, -0.2) is 5.43 Å². The third-order valence-corrected chi connectivity index (χ3v) is 4.71. The minimum atomic E-state index is -0.794. The molecule has 142 valence electrons. The number of carbonyl (C=O) groups excluding carboxylic acids is 2. The van der Waals surface area contributed by atoms with Crippen molar-refractivity contribution in [2.24, 2.45) is 11.0 Å². The Morgan fingerprint density at radius 3 is 2.82 bits per heavy atom. The van der Waals surface area contributed by atoms with E-state index in [2.05, 4.69) is 15.8 Å². The Bertz CT molecular complexity index is 940. The minimum absolute atomic E-state index is 0.201. The number of rotatable bonds is 5. The van der Waals surface area contributed by atoms with Crippen LogP contribution in [0.2, 0.25) is 0 Å². The van der Waals surface area contributed by atoms with E-state index in [1.165, 1.54) is 6.21 Å². The van der Waals surface area contributed by atoms with Crippen LogP contribution in [0.15, 0.2) is 59.7 Å². The van der Waals surface area contributed by atoms with E-state index in [1.54, 1.807) is 6.08 Å². The van der Waals surface area contributed by atoms with E-state index in [9.17, 15) is 9.59 Å². The summed E-state index contributed by atoms with van der Waals surface area (Å²) in [6, 6.07) is 15.1. The van der Waals surface area contributed by atoms with E-state index in [4.69, 9.17) is 9.47 Å². The van der Waals surface area contributed by atoms with Gasteiger partial charge in [-0.3, -0.25) is 9.59 Å². The van der Waals surface area contributed by atoms with Crippen LogP contribution < -0.4 is 20.2 Å². The molecule has 4 rings (SSSR count). The van der Waals surface area contributed by atoms with Gasteiger partial charge in [-0.1, -0.05) is 42.5 Å². The lowest BCUT2D eigenvalue weighted by atomic mass is 9.88. The molecule has 2 amide bonds. The second-order valence-corrected chi connectivity index (χ2v) is 6.47. The number of nitrogens with zero attached hydrogens (tertiary/aromatic N) is 1. The first-order chi connectivity index (χ1) is 13.7. The predicted molar refractivity (Wildman–Crippen MR) is 104 cm³/mol. The van der Waals surface area contributed by atoms with Crippen molar-refractivity contribution in [2.45, 2.75) is 5.92 Å². The zero-order valence-electron chi connectivity index (χ0n) is 15.0. The Labute approximate surface area is 162 Å². The van der Waals surface area contributed by atoms with Crippen molar-refractivity contribution in [1.29, 1.82) is 0 Å². The molecule has 2 N–H and O–H groups in total. The zero-order chi connectivity index (χ0) is 19.3. The fourth-order valence-electron chi connectivity index (χ4n) is 3.32. The van der Waals surface area contributed by atoms with Crippen LogP contribution in [0.3, 0.4) is 0 Å². The fourth-order valence-corrected chi connectivity index (χ4v) is 3.32. The second-order valence-electron chi connectivity index (χ2n) is 6.47. The van der Waals surface area contributed by atoms with E-state index in [1.807, 2.05) is 54.6 Å². The lowest BCUT2D eigenvalue weighted by Gasteiger charge is -2.15. The summed E-state index contributed by atoms with van der Waals surface area (Å²) in [4.78, 5) is 24.6. The van der Waals surface area contributed by atoms with E-state index in [0.717, 1.165) is 16.9 Å². The first kappa shape index (κ1) is 17.8. The van der Waals surface area contributed by atoms with Gasteiger partial charge in [-0.2, -0.15) is 5.10 Å². The maximum Gasteiger partial charge on any atom is 0.253 e. The lowest BCUT2D eigenvalue weighted by Crippen LogP contribution is -2.34. The average Bonchev–Trinajstić information content (AvgIpc) is 3.34. The van der Waals surface area contributed by atoms with E-state index in [-0.39, 0.29) is 18.6 Å². The van der Waals surface area contributed by atoms with E-state index < -0.39 is 11.8 Å². The van der Waals surface area contributed by atoms with Crippen LogP contribution in [-0.4, -0.2) is 31.4 Å². The molecule has 7 heteroatoms. The van der Waals surface area contributed by atoms with Gasteiger partial charge in [0.05, 0.1) is 0 Å². The van der Waals surface area contributed by atoms with Crippen molar-refractivity contribution < 1.29 is 19.1 Å². The Kier molecular flexibility index (Phi) is 5.05. The third kappa shape index (κ3) is 3.73. The lowest BCUT2D eigenvalue weighted by molar-refractivity contribution is -0.133. The largest absolute Gasteiger partial charge is 0.454 e. The molecule has 0 aliphatic carbocycles. The van der Waals surface area contributed by atoms with Crippen LogP contribution in [-0.2, 0) is 9.59 Å². The van der Waals surface area contributed by atoms with Crippen LogP contribution in [0.5, 0.6) is 11.5 Å². The third-order valence-electron chi connectivity index (χ3n) is 4.71. The van der Waals surface area contributed by atoms with Crippen molar-refractivity contribution in [3.8, 4) is 11.5 Å². The molecule has 0 saturated carbocycles. The maximum atomic E-state index is 12.5. The van der Waals surface area contributed by atoms with Gasteiger partial charge in [-0.05, 0) is 29.3 Å². The van der Waals surface area contributed by atoms with Crippen LogP contribution in [0, 0.1) is 5.92 Å². The molecule has 2 aliphatic rings. The minimum Gasteiger partial charge on any atom is -0.454 e. The molecule has 0 spiro atoms. The number of carbonyl (C=O) groups is 2. The fraction of sp³-hybridized carbons (Fsp3) is 0.190. The average molecular weight is 377 g/mol. The number of amides is 2. The van der Waals surface area contributed by atoms with Gasteiger partial charge in [0.15, 0.2) is 11.5 Å². The molecular weight excluding hydrogens is 358 g/mol. The number of allylic oxidation sites excluding steroid dienone is 1. The predicted octanol–water partition coefficient (Wildman–Crippen LogP) is 2.06. The maximum absolute atomic E-state index is 12.5. The Morgan fingerprint density at radius 1 is 1.14 bits per heavy atom. The molecule has 2 atom stereocenters. The molecule has 2 aliphatic heterocycles. The van der Waals surface area contributed by atoms with Gasteiger partial charge < -0.3 is 14.8 Å². The molecule has 0 bridgehead atoms. The highest BCUT2D eigenvalue weighted by Crippen LogP contribution is 2.32. The van der Waals surface area contributed by atoms with Gasteiger partial charge >= 0.3 is 0 Å². The quantitative estimate of drug-likeness (QED) is 0.474. The summed E-state index contributed by atoms with van der Waals surface area (Å²) in [7, 11) is 0. The highest BCUT2D eigenvalue weighted by molar-refractivity contribution is 6.03. The van der Waals surface area contributed by atoms with Crippen LogP contribution in [0.4, 0.5) is 0 Å². The van der Waals surface area contributed by atoms with Gasteiger partial charge in [0.2, 0.25) is 12.7 Å². The van der Waals surface area contributed by atoms with Crippen molar-refractivity contribution in [2.75, 3.05) is 13.3 Å². The number of hydrogen-bond donors (Lipinski definition) is 2. The smallest absolute Gasteiger partial charge is 0.253 e.